The second-order valence-electron chi connectivity index (χ2n) is 0.636. The predicted molar refractivity (Wildman–Crippen MR) is 22.9 cm³/mol. The Bertz CT molecular complexity index is 42.9. The molecule has 0 aromatic carbocycles. The first-order chi connectivity index (χ1) is 2.27. The van der Waals surface area contributed by atoms with Gasteiger partial charge in [0.1, 0.15) is 0 Å². The van der Waals surface area contributed by atoms with E-state index in [2.05, 4.69) is 4.52 Å². The van der Waals surface area contributed by atoms with Crippen LogP contribution < -0.4 is 0 Å². The summed E-state index contributed by atoms with van der Waals surface area (Å²) in [5, 5.41) is 0. The van der Waals surface area contributed by atoms with Gasteiger partial charge in [-0.25, -0.2) is 4.79 Å². The highest BCUT2D eigenvalue weighted by Crippen LogP contribution is 1.81. The molecule has 2 nitrogen and oxygen atoms in total. The molecule has 3 heteroatoms. The normalized spacial score (nSPS) is 7.40. The van der Waals surface area contributed by atoms with Gasteiger partial charge in [0, 0.05) is 6.92 Å². The average molecular weight is 93.0 g/mol. The van der Waals surface area contributed by atoms with Crippen LogP contribution in [0, 0.1) is 0 Å². The topological polar surface area (TPSA) is 26.3 Å². The van der Waals surface area contributed by atoms with Crippen LogP contribution in [0.3, 0.4) is 0 Å². The monoisotopic (exact) mass is 93.0 g/mol. The summed E-state index contributed by atoms with van der Waals surface area (Å²) in [4.78, 5) is 9.60. The third-order valence-corrected chi connectivity index (χ3v) is 0.610. The van der Waals surface area contributed by atoms with Gasteiger partial charge in [-0.05, 0) is 0 Å². The van der Waals surface area contributed by atoms with E-state index >= 15 is 0 Å². The highest BCUT2D eigenvalue weighted by atomic mass is 31.0. The van der Waals surface area contributed by atoms with Crippen LogP contribution in [-0.4, -0.2) is 5.97 Å². The third kappa shape index (κ3) is 3.90. The Balaban J connectivity index is 2.85. The zero-order valence-corrected chi connectivity index (χ0v) is 4.44. The summed E-state index contributed by atoms with van der Waals surface area (Å²) in [6, 6.07) is 0. The Morgan fingerprint density at radius 1 is 2.00 bits per heavy atom. The van der Waals surface area contributed by atoms with Crippen LogP contribution >= 0.6 is 9.47 Å². The Labute approximate surface area is 32.8 Å². The van der Waals surface area contributed by atoms with Gasteiger partial charge in [-0.3, -0.25) is 0 Å². The van der Waals surface area contributed by atoms with Crippen molar-refractivity contribution in [1.29, 1.82) is 0 Å². The summed E-state index contributed by atoms with van der Waals surface area (Å²) in [6.07, 6.45) is 0. The lowest BCUT2D eigenvalue weighted by Crippen LogP contribution is -1.82. The summed E-state index contributed by atoms with van der Waals surface area (Å²) in [7, 11) is 1.18. The van der Waals surface area contributed by atoms with E-state index < -0.39 is 0 Å². The molecule has 0 spiro atoms. The van der Waals surface area contributed by atoms with Crippen LogP contribution in [0.4, 0.5) is 0 Å². The highest BCUT2D eigenvalue weighted by Gasteiger charge is 1.81. The fraction of sp³-hybridized carbons (Fsp3) is 0.500. The molecule has 30 valence electrons. The molecule has 0 aromatic heterocycles. The van der Waals surface area contributed by atoms with E-state index in [0.29, 0.717) is 0 Å². The standard InChI is InChI=1S/C2H6O2P/c1-2(3)4-5/h1,5H3/q+1. The van der Waals surface area contributed by atoms with Crippen LogP contribution in [0.1, 0.15) is 6.92 Å². The molecule has 0 fully saturated rings. The molecule has 0 aliphatic rings. The fourth-order valence-electron chi connectivity index (χ4n) is 0. The number of carbonyl (C=O) groups is 1. The lowest BCUT2D eigenvalue weighted by molar-refractivity contribution is -0.130. The van der Waals surface area contributed by atoms with Gasteiger partial charge in [0.15, 0.2) is 9.47 Å². The summed E-state index contributed by atoms with van der Waals surface area (Å²) in [5.41, 5.74) is 0. The quantitative estimate of drug-likeness (QED) is 0.396. The molecular weight excluding hydrogens is 87.0 g/mol. The van der Waals surface area contributed by atoms with E-state index in [1.807, 2.05) is 0 Å². The van der Waals surface area contributed by atoms with Gasteiger partial charge in [-0.1, -0.05) is 0 Å². The Morgan fingerprint density at radius 3 is 2.20 bits per heavy atom. The van der Waals surface area contributed by atoms with Gasteiger partial charge in [0.05, 0.1) is 0 Å². The van der Waals surface area contributed by atoms with Gasteiger partial charge in [0.25, 0.3) is 0 Å². The van der Waals surface area contributed by atoms with Gasteiger partial charge >= 0.3 is 5.97 Å². The first-order valence-corrected chi connectivity index (χ1v) is 1.77. The Kier molecular flexibility index (Phi) is 2.11. The molecule has 0 bridgehead atoms. The lowest BCUT2D eigenvalue weighted by Gasteiger charge is -1.72. The maximum atomic E-state index is 9.60. The van der Waals surface area contributed by atoms with Crippen LogP contribution in [0.2, 0.25) is 0 Å². The summed E-state index contributed by atoms with van der Waals surface area (Å²) in [6.45, 7) is 1.37. The maximum absolute atomic E-state index is 9.60. The van der Waals surface area contributed by atoms with E-state index in [4.69, 9.17) is 0 Å². The minimum atomic E-state index is -0.233. The predicted octanol–water partition coefficient (Wildman–Crippen LogP) is 0.0719. The average Bonchev–Trinajstić information content (AvgIpc) is 1.38. The highest BCUT2D eigenvalue weighted by molar-refractivity contribution is 7.10. The van der Waals surface area contributed by atoms with Crippen molar-refractivity contribution < 1.29 is 9.32 Å². The first-order valence-electron chi connectivity index (χ1n) is 1.20. The zero-order chi connectivity index (χ0) is 4.28. The third-order valence-electron chi connectivity index (χ3n) is 0.203. The molecule has 0 heterocycles. The van der Waals surface area contributed by atoms with Crippen molar-refractivity contribution >= 4 is 15.4 Å². The van der Waals surface area contributed by atoms with E-state index in [1.165, 1.54) is 16.4 Å². The van der Waals surface area contributed by atoms with Crippen LogP contribution in [0.25, 0.3) is 0 Å². The number of hydrogen-bond acceptors (Lipinski definition) is 2. The van der Waals surface area contributed by atoms with Crippen molar-refractivity contribution in [3.63, 3.8) is 0 Å². The van der Waals surface area contributed by atoms with Crippen LogP contribution in [-0.2, 0) is 9.32 Å². The van der Waals surface area contributed by atoms with Gasteiger partial charge in [0.2, 0.25) is 0 Å². The molecule has 1 atom stereocenters. The van der Waals surface area contributed by atoms with Crippen molar-refractivity contribution in [3.8, 4) is 0 Å². The molecule has 0 rings (SSSR count). The van der Waals surface area contributed by atoms with Gasteiger partial charge in [-0.15, -0.1) is 0 Å². The minimum absolute atomic E-state index is 0.233. The SMILES string of the molecule is CC(=O)O[PH3+]. The zero-order valence-electron chi connectivity index (χ0n) is 3.02. The molecule has 0 N–H and O–H groups in total. The Morgan fingerprint density at radius 2 is 2.20 bits per heavy atom. The Hall–Kier alpha value is -0.100. The second kappa shape index (κ2) is 2.16. The summed E-state index contributed by atoms with van der Waals surface area (Å²) < 4.78 is 4.14. The molecule has 0 radical (unpaired) electrons. The van der Waals surface area contributed by atoms with Gasteiger partial charge in [-0.2, -0.15) is 0 Å². The molecular formula is C2H6O2P+. The molecule has 5 heavy (non-hydrogen) atoms. The lowest BCUT2D eigenvalue weighted by atomic mass is 10.9. The molecule has 0 saturated heterocycles. The summed E-state index contributed by atoms with van der Waals surface area (Å²) >= 11 is 0. The molecule has 0 amide bonds. The van der Waals surface area contributed by atoms with E-state index in [-0.39, 0.29) is 5.97 Å². The van der Waals surface area contributed by atoms with Crippen LogP contribution in [0.5, 0.6) is 0 Å². The largest absolute Gasteiger partial charge is 0.346 e. The first kappa shape index (κ1) is 4.90. The van der Waals surface area contributed by atoms with E-state index in [0.717, 1.165) is 0 Å². The van der Waals surface area contributed by atoms with Crippen molar-refractivity contribution in [2.75, 3.05) is 0 Å². The maximum Gasteiger partial charge on any atom is 0.346 e. The van der Waals surface area contributed by atoms with Gasteiger partial charge < -0.3 is 4.52 Å². The molecule has 0 aliphatic heterocycles. The molecule has 0 aliphatic carbocycles. The molecule has 0 aromatic rings. The van der Waals surface area contributed by atoms with Crippen molar-refractivity contribution in [2.45, 2.75) is 6.92 Å². The van der Waals surface area contributed by atoms with Crippen molar-refractivity contribution in [2.24, 2.45) is 0 Å². The van der Waals surface area contributed by atoms with E-state index in [1.54, 1.807) is 0 Å². The fourth-order valence-corrected chi connectivity index (χ4v) is 0. The second-order valence-corrected chi connectivity index (χ2v) is 0.925. The number of hydrogen-bond donors (Lipinski definition) is 0. The van der Waals surface area contributed by atoms with Crippen LogP contribution in [0.15, 0.2) is 0 Å². The van der Waals surface area contributed by atoms with Crippen molar-refractivity contribution in [1.82, 2.24) is 0 Å². The number of rotatable bonds is 0. The smallest absolute Gasteiger partial charge is 0.321 e. The minimum Gasteiger partial charge on any atom is -0.321 e. The molecule has 0 saturated carbocycles. The molecule has 1 unspecified atom stereocenters. The summed E-state index contributed by atoms with van der Waals surface area (Å²) in [5.74, 6) is -0.233. The van der Waals surface area contributed by atoms with Crippen molar-refractivity contribution in [3.05, 3.63) is 0 Å². The van der Waals surface area contributed by atoms with E-state index in [9.17, 15) is 4.79 Å². The number of carbonyl (C=O) groups excluding carboxylic acids is 1.